The molecule has 2 aromatic heterocycles. The van der Waals surface area contributed by atoms with Crippen LogP contribution in [-0.2, 0) is 0 Å². The fourth-order valence-electron chi connectivity index (χ4n) is 3.51. The van der Waals surface area contributed by atoms with Crippen molar-refractivity contribution in [1.29, 1.82) is 0 Å². The molecule has 1 atom stereocenters. The molecular formula is C20H19FN4O3. The van der Waals surface area contributed by atoms with Crippen molar-refractivity contribution in [3.8, 4) is 11.3 Å². The Labute approximate surface area is 161 Å². The van der Waals surface area contributed by atoms with Crippen LogP contribution >= 0.6 is 0 Å². The van der Waals surface area contributed by atoms with E-state index in [9.17, 15) is 14.3 Å². The third kappa shape index (κ3) is 3.28. The van der Waals surface area contributed by atoms with E-state index in [2.05, 4.69) is 15.0 Å². The zero-order valence-corrected chi connectivity index (χ0v) is 15.2. The Hall–Kier alpha value is -3.42. The van der Waals surface area contributed by atoms with Gasteiger partial charge in [-0.25, -0.2) is 14.2 Å². The average Bonchev–Trinajstić information content (AvgIpc) is 3.15. The second-order valence-corrected chi connectivity index (χ2v) is 6.70. The predicted octanol–water partition coefficient (Wildman–Crippen LogP) is 3.29. The molecule has 0 bridgehead atoms. The molecule has 3 heterocycles. The van der Waals surface area contributed by atoms with Gasteiger partial charge in [0.2, 0.25) is 0 Å². The van der Waals surface area contributed by atoms with Gasteiger partial charge in [-0.15, -0.1) is 0 Å². The van der Waals surface area contributed by atoms with Crippen LogP contribution in [0.15, 0.2) is 53.2 Å². The Bertz CT molecular complexity index is 975. The number of aromatic nitrogens is 2. The largest absolute Gasteiger partial charge is 0.477 e. The number of aromatic carboxylic acids is 1. The highest BCUT2D eigenvalue weighted by atomic mass is 19.1. The Kier molecular flexibility index (Phi) is 4.68. The van der Waals surface area contributed by atoms with Crippen molar-refractivity contribution < 1.29 is 18.8 Å². The molecule has 1 fully saturated rings. The predicted molar refractivity (Wildman–Crippen MR) is 102 cm³/mol. The molecule has 1 aromatic carbocycles. The fourth-order valence-corrected chi connectivity index (χ4v) is 3.51. The van der Waals surface area contributed by atoms with E-state index in [1.807, 2.05) is 30.0 Å². The SMILES string of the molecule is CC1CN(c2noc(-c3ccccc3)c2C(=O)O)CCN1c1ccc(F)cn1. The maximum absolute atomic E-state index is 13.1. The van der Waals surface area contributed by atoms with Crippen molar-refractivity contribution >= 4 is 17.6 Å². The normalized spacial score (nSPS) is 17.0. The van der Waals surface area contributed by atoms with E-state index < -0.39 is 5.97 Å². The third-order valence-electron chi connectivity index (χ3n) is 4.86. The molecule has 1 unspecified atom stereocenters. The number of hydrogen-bond acceptors (Lipinski definition) is 6. The number of carboxylic acids is 1. The van der Waals surface area contributed by atoms with Gasteiger partial charge in [-0.2, -0.15) is 0 Å². The molecule has 1 aliphatic rings. The molecule has 8 heteroatoms. The molecule has 0 amide bonds. The van der Waals surface area contributed by atoms with Crippen LogP contribution in [0.5, 0.6) is 0 Å². The first-order valence-corrected chi connectivity index (χ1v) is 8.96. The molecule has 0 saturated carbocycles. The highest BCUT2D eigenvalue weighted by molar-refractivity contribution is 5.99. The fraction of sp³-hybridized carbons (Fsp3) is 0.250. The summed E-state index contributed by atoms with van der Waals surface area (Å²) in [4.78, 5) is 20.1. The van der Waals surface area contributed by atoms with Crippen molar-refractivity contribution in [2.75, 3.05) is 29.4 Å². The van der Waals surface area contributed by atoms with Crippen LogP contribution in [0.4, 0.5) is 16.0 Å². The number of nitrogens with zero attached hydrogens (tertiary/aromatic N) is 4. The van der Waals surface area contributed by atoms with E-state index in [1.54, 1.807) is 18.2 Å². The van der Waals surface area contributed by atoms with Crippen molar-refractivity contribution in [3.63, 3.8) is 0 Å². The Balaban J connectivity index is 1.60. The lowest BCUT2D eigenvalue weighted by atomic mass is 10.1. The molecule has 0 aliphatic carbocycles. The first-order valence-electron chi connectivity index (χ1n) is 8.96. The molecule has 4 rings (SSSR count). The Morgan fingerprint density at radius 3 is 2.64 bits per heavy atom. The third-order valence-corrected chi connectivity index (χ3v) is 4.86. The van der Waals surface area contributed by atoms with Crippen molar-refractivity contribution in [2.45, 2.75) is 13.0 Å². The van der Waals surface area contributed by atoms with Gasteiger partial charge in [0.15, 0.2) is 17.1 Å². The lowest BCUT2D eigenvalue weighted by molar-refractivity contribution is 0.0697. The smallest absolute Gasteiger partial charge is 0.343 e. The summed E-state index contributed by atoms with van der Waals surface area (Å²) in [6.45, 7) is 3.70. The molecule has 0 radical (unpaired) electrons. The van der Waals surface area contributed by atoms with E-state index in [-0.39, 0.29) is 23.2 Å². The minimum absolute atomic E-state index is 0.0326. The van der Waals surface area contributed by atoms with Crippen LogP contribution in [0.3, 0.4) is 0 Å². The number of benzene rings is 1. The minimum atomic E-state index is -1.08. The summed E-state index contributed by atoms with van der Waals surface area (Å²) in [5.74, 6) is -0.192. The van der Waals surface area contributed by atoms with Gasteiger partial charge in [0.1, 0.15) is 11.6 Å². The van der Waals surface area contributed by atoms with E-state index in [0.717, 1.165) is 0 Å². The number of carbonyl (C=O) groups is 1. The van der Waals surface area contributed by atoms with Gasteiger partial charge in [-0.05, 0) is 19.1 Å². The van der Waals surface area contributed by atoms with E-state index >= 15 is 0 Å². The molecule has 0 spiro atoms. The summed E-state index contributed by atoms with van der Waals surface area (Å²) in [5, 5.41) is 13.8. The standard InChI is InChI=1S/C20H19FN4O3/c1-13-12-24(9-10-25(13)16-8-7-15(21)11-22-16)19-17(20(26)27)18(28-23-19)14-5-3-2-4-6-14/h2-8,11,13H,9-10,12H2,1H3,(H,26,27). The maximum atomic E-state index is 13.1. The summed E-state index contributed by atoms with van der Waals surface area (Å²) in [5.41, 5.74) is 0.729. The van der Waals surface area contributed by atoms with E-state index in [4.69, 9.17) is 4.52 Å². The maximum Gasteiger partial charge on any atom is 0.343 e. The van der Waals surface area contributed by atoms with Gasteiger partial charge < -0.3 is 19.4 Å². The Morgan fingerprint density at radius 1 is 1.21 bits per heavy atom. The molecule has 7 nitrogen and oxygen atoms in total. The second kappa shape index (κ2) is 7.30. The second-order valence-electron chi connectivity index (χ2n) is 6.70. The minimum Gasteiger partial charge on any atom is -0.477 e. The zero-order valence-electron chi connectivity index (χ0n) is 15.2. The molecule has 144 valence electrons. The molecule has 3 aromatic rings. The molecule has 1 N–H and O–H groups in total. The summed E-state index contributed by atoms with van der Waals surface area (Å²) in [7, 11) is 0. The quantitative estimate of drug-likeness (QED) is 0.741. The monoisotopic (exact) mass is 382 g/mol. The van der Waals surface area contributed by atoms with Gasteiger partial charge in [0.25, 0.3) is 0 Å². The number of rotatable bonds is 4. The number of hydrogen-bond donors (Lipinski definition) is 1. The average molecular weight is 382 g/mol. The Morgan fingerprint density at radius 2 is 2.00 bits per heavy atom. The van der Waals surface area contributed by atoms with Crippen LogP contribution < -0.4 is 9.80 Å². The number of pyridine rings is 1. The van der Waals surface area contributed by atoms with Crippen LogP contribution in [0.1, 0.15) is 17.3 Å². The summed E-state index contributed by atoms with van der Waals surface area (Å²) < 4.78 is 18.5. The van der Waals surface area contributed by atoms with E-state index in [0.29, 0.717) is 36.8 Å². The number of piperazine rings is 1. The van der Waals surface area contributed by atoms with Crippen LogP contribution in [0.2, 0.25) is 0 Å². The lowest BCUT2D eigenvalue weighted by Crippen LogP contribution is -2.52. The molecular weight excluding hydrogens is 363 g/mol. The van der Waals surface area contributed by atoms with Crippen LogP contribution in [-0.4, -0.2) is 46.9 Å². The lowest BCUT2D eigenvalue weighted by Gasteiger charge is -2.40. The zero-order chi connectivity index (χ0) is 19.7. The van der Waals surface area contributed by atoms with Gasteiger partial charge in [-0.3, -0.25) is 0 Å². The highest BCUT2D eigenvalue weighted by Gasteiger charge is 2.32. The van der Waals surface area contributed by atoms with Crippen LogP contribution in [0.25, 0.3) is 11.3 Å². The van der Waals surface area contributed by atoms with E-state index in [1.165, 1.54) is 12.3 Å². The molecule has 28 heavy (non-hydrogen) atoms. The topological polar surface area (TPSA) is 82.7 Å². The van der Waals surface area contributed by atoms with Crippen molar-refractivity contribution in [2.24, 2.45) is 0 Å². The summed E-state index contributed by atoms with van der Waals surface area (Å²) in [6, 6.07) is 12.1. The van der Waals surface area contributed by atoms with Gasteiger partial charge >= 0.3 is 5.97 Å². The molecule has 1 saturated heterocycles. The summed E-state index contributed by atoms with van der Waals surface area (Å²) >= 11 is 0. The number of anilines is 2. The van der Waals surface area contributed by atoms with Gasteiger partial charge in [0.05, 0.1) is 6.20 Å². The first kappa shape index (κ1) is 18.0. The highest BCUT2D eigenvalue weighted by Crippen LogP contribution is 2.32. The first-order chi connectivity index (χ1) is 13.5. The molecule has 1 aliphatic heterocycles. The van der Waals surface area contributed by atoms with Crippen molar-refractivity contribution in [3.05, 3.63) is 60.0 Å². The van der Waals surface area contributed by atoms with Crippen LogP contribution in [0, 0.1) is 5.82 Å². The van der Waals surface area contributed by atoms with Gasteiger partial charge in [0, 0.05) is 31.2 Å². The van der Waals surface area contributed by atoms with Crippen molar-refractivity contribution in [1.82, 2.24) is 10.1 Å². The van der Waals surface area contributed by atoms with Gasteiger partial charge in [-0.1, -0.05) is 35.5 Å². The number of halogens is 1. The number of carboxylic acid groups (broad SMARTS) is 1. The summed E-state index contributed by atoms with van der Waals surface area (Å²) in [6.07, 6.45) is 1.20.